The molecule has 0 aliphatic rings. The van der Waals surface area contributed by atoms with E-state index in [9.17, 15) is 26.7 Å². The summed E-state index contributed by atoms with van der Waals surface area (Å²) < 4.78 is 72.0. The zero-order valence-corrected chi connectivity index (χ0v) is 20.1. The van der Waals surface area contributed by atoms with E-state index in [4.69, 9.17) is 4.74 Å². The minimum atomic E-state index is -4.76. The molecule has 0 saturated carbocycles. The second-order valence-corrected chi connectivity index (χ2v) is 7.92. The first kappa shape index (κ1) is 28.1. The number of nitrogens with zero attached hydrogens (tertiary/aromatic N) is 1. The predicted molar refractivity (Wildman–Crippen MR) is 135 cm³/mol. The number of allylic oxidation sites excluding steroid dienone is 3. The molecular formula is C28H23F5N2O3. The topological polar surface area (TPSA) is 59.9 Å². The molecule has 0 heterocycles. The Morgan fingerprint density at radius 3 is 2.34 bits per heavy atom. The summed E-state index contributed by atoms with van der Waals surface area (Å²) in [6.07, 6.45) is -2.35. The molecule has 0 bridgehead atoms. The lowest BCUT2D eigenvalue weighted by Crippen LogP contribution is -2.18. The third-order valence-corrected chi connectivity index (χ3v) is 5.19. The minimum absolute atomic E-state index is 0.0637. The van der Waals surface area contributed by atoms with Gasteiger partial charge in [0.25, 0.3) is 12.3 Å². The van der Waals surface area contributed by atoms with E-state index in [-0.39, 0.29) is 23.5 Å². The molecule has 38 heavy (non-hydrogen) atoms. The molecule has 1 amide bonds. The molecule has 0 spiro atoms. The zero-order valence-electron chi connectivity index (χ0n) is 20.1. The molecule has 5 nitrogen and oxygen atoms in total. The van der Waals surface area contributed by atoms with Crippen LogP contribution in [0, 0.1) is 0 Å². The molecule has 0 aliphatic heterocycles. The van der Waals surface area contributed by atoms with Crippen LogP contribution < -0.4 is 14.9 Å². The molecule has 3 rings (SSSR count). The van der Waals surface area contributed by atoms with Crippen LogP contribution in [0.1, 0.15) is 18.1 Å². The number of carbonyl (C=O) groups is 1. The first-order valence-corrected chi connectivity index (χ1v) is 11.2. The fourth-order valence-electron chi connectivity index (χ4n) is 3.24. The number of hydrazone groups is 1. The Bertz CT molecular complexity index is 1380. The van der Waals surface area contributed by atoms with Gasteiger partial charge in [-0.2, -0.15) is 5.10 Å². The Balaban J connectivity index is 1.71. The van der Waals surface area contributed by atoms with Crippen LogP contribution in [-0.2, 0) is 11.4 Å². The van der Waals surface area contributed by atoms with Crippen molar-refractivity contribution >= 4 is 22.9 Å². The summed E-state index contributed by atoms with van der Waals surface area (Å²) in [6.45, 7) is 4.87. The van der Waals surface area contributed by atoms with E-state index in [1.165, 1.54) is 49.6 Å². The number of ether oxygens (including phenoxy) is 2. The average Bonchev–Trinajstić information content (AvgIpc) is 2.88. The molecule has 0 fully saturated rings. The van der Waals surface area contributed by atoms with E-state index >= 15 is 0 Å². The van der Waals surface area contributed by atoms with Crippen molar-refractivity contribution in [3.8, 4) is 11.5 Å². The first-order valence-electron chi connectivity index (χ1n) is 11.2. The summed E-state index contributed by atoms with van der Waals surface area (Å²) in [5.41, 5.74) is 3.52. The maximum absolute atomic E-state index is 12.6. The summed E-state index contributed by atoms with van der Waals surface area (Å²) in [6, 6.07) is 16.1. The highest BCUT2D eigenvalue weighted by molar-refractivity contribution is 6.03. The fraction of sp³-hybridized carbons (Fsp3) is 0.143. The third-order valence-electron chi connectivity index (χ3n) is 5.19. The normalized spacial score (nSPS) is 12.7. The number of benzene rings is 3. The summed E-state index contributed by atoms with van der Waals surface area (Å²) in [5.74, 6) is -0.404. The lowest BCUT2D eigenvalue weighted by molar-refractivity contribution is -0.274. The SMILES string of the molecule is C=C/C(=C\C=C(/C)C(F)F)C(=O)N/N=C/c1ccc(OCc2ccc(OC(F)(F)F)cc2)c2ccccc12. The molecule has 10 heteroatoms. The highest BCUT2D eigenvalue weighted by atomic mass is 19.4. The number of halogens is 5. The maximum Gasteiger partial charge on any atom is 0.573 e. The second kappa shape index (κ2) is 12.7. The van der Waals surface area contributed by atoms with Gasteiger partial charge in [-0.15, -0.1) is 13.2 Å². The van der Waals surface area contributed by atoms with Crippen molar-refractivity contribution in [2.24, 2.45) is 5.10 Å². The molecular weight excluding hydrogens is 507 g/mol. The number of nitrogens with one attached hydrogen (secondary N) is 1. The van der Waals surface area contributed by atoms with Gasteiger partial charge in [0.15, 0.2) is 0 Å². The Labute approximate surface area is 215 Å². The van der Waals surface area contributed by atoms with Crippen molar-refractivity contribution in [3.63, 3.8) is 0 Å². The van der Waals surface area contributed by atoms with E-state index in [1.54, 1.807) is 12.1 Å². The largest absolute Gasteiger partial charge is 0.573 e. The second-order valence-electron chi connectivity index (χ2n) is 7.92. The van der Waals surface area contributed by atoms with E-state index in [1.807, 2.05) is 24.3 Å². The van der Waals surface area contributed by atoms with Crippen LogP contribution in [0.25, 0.3) is 10.8 Å². The molecule has 3 aromatic rings. The number of amides is 1. The van der Waals surface area contributed by atoms with Gasteiger partial charge in [0.2, 0.25) is 0 Å². The van der Waals surface area contributed by atoms with E-state index in [0.717, 1.165) is 16.8 Å². The van der Waals surface area contributed by atoms with Crippen LogP contribution in [0.3, 0.4) is 0 Å². The van der Waals surface area contributed by atoms with E-state index < -0.39 is 18.7 Å². The minimum Gasteiger partial charge on any atom is -0.488 e. The molecule has 0 atom stereocenters. The molecule has 3 aromatic carbocycles. The van der Waals surface area contributed by atoms with Crippen LogP contribution in [0.2, 0.25) is 0 Å². The predicted octanol–water partition coefficient (Wildman–Crippen LogP) is 7.09. The van der Waals surface area contributed by atoms with Gasteiger partial charge < -0.3 is 9.47 Å². The van der Waals surface area contributed by atoms with Gasteiger partial charge in [-0.25, -0.2) is 14.2 Å². The fourth-order valence-corrected chi connectivity index (χ4v) is 3.24. The maximum atomic E-state index is 12.6. The lowest BCUT2D eigenvalue weighted by atomic mass is 10.0. The van der Waals surface area contributed by atoms with Gasteiger partial charge in [-0.05, 0) is 53.8 Å². The smallest absolute Gasteiger partial charge is 0.488 e. The van der Waals surface area contributed by atoms with Gasteiger partial charge in [0.05, 0.1) is 6.21 Å². The van der Waals surface area contributed by atoms with Crippen LogP contribution >= 0.6 is 0 Å². The number of fused-ring (bicyclic) bond motifs is 1. The first-order chi connectivity index (χ1) is 18.1. The molecule has 0 aromatic heterocycles. The van der Waals surface area contributed by atoms with Crippen LogP contribution in [0.5, 0.6) is 11.5 Å². The molecule has 0 saturated heterocycles. The molecule has 198 valence electrons. The standard InChI is InChI=1S/C28H23F5N2O3/c1-3-20(11-8-18(2)26(29)30)27(36)35-34-16-21-12-15-25(24-7-5-4-6-23(21)24)37-17-19-9-13-22(14-10-19)38-28(31,32)33/h3-16,26H,1,17H2,2H3,(H,35,36)/b18-8+,20-11+,34-16+. The summed E-state index contributed by atoms with van der Waals surface area (Å²) >= 11 is 0. The van der Waals surface area contributed by atoms with Crippen LogP contribution in [0.15, 0.2) is 102 Å². The molecule has 0 unspecified atom stereocenters. The quantitative estimate of drug-likeness (QED) is 0.100. The number of hydrogen-bond acceptors (Lipinski definition) is 4. The van der Waals surface area contributed by atoms with Gasteiger partial charge in [-0.3, -0.25) is 4.79 Å². The van der Waals surface area contributed by atoms with Crippen molar-refractivity contribution < 1.29 is 36.2 Å². The number of rotatable bonds is 10. The van der Waals surface area contributed by atoms with E-state index in [0.29, 0.717) is 16.9 Å². The number of hydrogen-bond donors (Lipinski definition) is 1. The van der Waals surface area contributed by atoms with Crippen molar-refractivity contribution in [1.29, 1.82) is 0 Å². The highest BCUT2D eigenvalue weighted by Crippen LogP contribution is 2.29. The third kappa shape index (κ3) is 8.02. The summed E-state index contributed by atoms with van der Waals surface area (Å²) in [4.78, 5) is 12.3. The van der Waals surface area contributed by atoms with Crippen LogP contribution in [-0.4, -0.2) is 24.9 Å². The van der Waals surface area contributed by atoms with Gasteiger partial charge in [0.1, 0.15) is 18.1 Å². The Kier molecular flexibility index (Phi) is 9.37. The monoisotopic (exact) mass is 530 g/mol. The lowest BCUT2D eigenvalue weighted by Gasteiger charge is -2.12. The number of alkyl halides is 5. The van der Waals surface area contributed by atoms with Crippen molar-refractivity contribution in [1.82, 2.24) is 5.43 Å². The summed E-state index contributed by atoms with van der Waals surface area (Å²) in [5, 5.41) is 5.48. The van der Waals surface area contributed by atoms with Crippen molar-refractivity contribution in [3.05, 3.63) is 108 Å². The summed E-state index contributed by atoms with van der Waals surface area (Å²) in [7, 11) is 0. The molecule has 0 aliphatic carbocycles. The number of carbonyl (C=O) groups excluding carboxylic acids is 1. The zero-order chi connectivity index (χ0) is 27.7. The Morgan fingerprint density at radius 2 is 1.71 bits per heavy atom. The van der Waals surface area contributed by atoms with Crippen molar-refractivity contribution in [2.45, 2.75) is 26.3 Å². The Morgan fingerprint density at radius 1 is 1.03 bits per heavy atom. The van der Waals surface area contributed by atoms with Crippen molar-refractivity contribution in [2.75, 3.05) is 0 Å². The van der Waals surface area contributed by atoms with Gasteiger partial charge >= 0.3 is 6.36 Å². The molecule has 1 N–H and O–H groups in total. The molecule has 0 radical (unpaired) electrons. The van der Waals surface area contributed by atoms with Gasteiger partial charge in [-0.1, -0.05) is 55.1 Å². The van der Waals surface area contributed by atoms with E-state index in [2.05, 4.69) is 21.8 Å². The highest BCUT2D eigenvalue weighted by Gasteiger charge is 2.30. The average molecular weight is 530 g/mol. The van der Waals surface area contributed by atoms with Gasteiger partial charge in [0, 0.05) is 16.5 Å². The Hall–Kier alpha value is -4.47. The van der Waals surface area contributed by atoms with Crippen LogP contribution in [0.4, 0.5) is 22.0 Å².